The van der Waals surface area contributed by atoms with E-state index >= 15 is 0 Å². The van der Waals surface area contributed by atoms with Gasteiger partial charge in [0.15, 0.2) is 11.5 Å². The lowest BCUT2D eigenvalue weighted by atomic mass is 9.89. The summed E-state index contributed by atoms with van der Waals surface area (Å²) in [6, 6.07) is 8.23. The van der Waals surface area contributed by atoms with Gasteiger partial charge in [-0.1, -0.05) is 13.3 Å². The van der Waals surface area contributed by atoms with Gasteiger partial charge in [-0.3, -0.25) is 4.79 Å². The molecule has 0 atom stereocenters. The van der Waals surface area contributed by atoms with Crippen molar-refractivity contribution in [2.45, 2.75) is 33.2 Å². The van der Waals surface area contributed by atoms with E-state index in [1.165, 1.54) is 27.4 Å². The third-order valence-corrected chi connectivity index (χ3v) is 5.56. The van der Waals surface area contributed by atoms with E-state index < -0.39 is 11.9 Å². The van der Waals surface area contributed by atoms with E-state index in [0.717, 1.165) is 12.8 Å². The first-order valence-corrected chi connectivity index (χ1v) is 11.1. The summed E-state index contributed by atoms with van der Waals surface area (Å²) in [5.74, 6) is -0.484. The Kier molecular flexibility index (Phi) is 7.94. The average Bonchev–Trinajstić information content (AvgIpc) is 2.85. The monoisotopic (exact) mass is 467 g/mol. The zero-order valence-corrected chi connectivity index (χ0v) is 20.1. The van der Waals surface area contributed by atoms with Crippen LogP contribution in [0.4, 0.5) is 0 Å². The Hall–Kier alpha value is -3.81. The molecule has 0 N–H and O–H groups in total. The SMILES string of the molecule is CCCCn1ccc(-c2c(C(=O)OC)c(C(=O)OC)cc3cc(OC)c(OCC)cc23)cc1=O. The molecule has 34 heavy (non-hydrogen) atoms. The number of rotatable bonds is 9. The van der Waals surface area contributed by atoms with Crippen LogP contribution in [0.1, 0.15) is 47.4 Å². The number of unbranched alkanes of at least 4 members (excludes halogenated alkanes) is 1. The zero-order chi connectivity index (χ0) is 24.8. The van der Waals surface area contributed by atoms with Crippen molar-refractivity contribution >= 4 is 22.7 Å². The van der Waals surface area contributed by atoms with Crippen molar-refractivity contribution in [3.8, 4) is 22.6 Å². The number of nitrogens with zero attached hydrogens (tertiary/aromatic N) is 1. The highest BCUT2D eigenvalue weighted by molar-refractivity contribution is 6.15. The van der Waals surface area contributed by atoms with Gasteiger partial charge in [0.1, 0.15) is 0 Å². The number of hydrogen-bond acceptors (Lipinski definition) is 7. The fourth-order valence-corrected chi connectivity index (χ4v) is 3.90. The predicted octanol–water partition coefficient (Wildman–Crippen LogP) is 4.45. The van der Waals surface area contributed by atoms with Crippen molar-refractivity contribution in [1.29, 1.82) is 0 Å². The van der Waals surface area contributed by atoms with Crippen LogP contribution in [0.2, 0.25) is 0 Å². The summed E-state index contributed by atoms with van der Waals surface area (Å²) in [6.07, 6.45) is 3.51. The first-order chi connectivity index (χ1) is 16.4. The second kappa shape index (κ2) is 10.9. The van der Waals surface area contributed by atoms with Gasteiger partial charge in [-0.15, -0.1) is 0 Å². The molecular weight excluding hydrogens is 438 g/mol. The molecule has 3 rings (SSSR count). The molecule has 3 aromatic rings. The van der Waals surface area contributed by atoms with Gasteiger partial charge in [0, 0.05) is 24.4 Å². The maximum Gasteiger partial charge on any atom is 0.339 e. The summed E-state index contributed by atoms with van der Waals surface area (Å²) in [5.41, 5.74) is 0.685. The molecule has 0 fully saturated rings. The molecule has 0 bridgehead atoms. The molecule has 0 aliphatic heterocycles. The van der Waals surface area contributed by atoms with Gasteiger partial charge in [0.2, 0.25) is 0 Å². The van der Waals surface area contributed by atoms with Crippen molar-refractivity contribution in [2.75, 3.05) is 27.9 Å². The lowest BCUT2D eigenvalue weighted by molar-refractivity contribution is 0.0556. The van der Waals surface area contributed by atoms with Gasteiger partial charge in [0.25, 0.3) is 5.56 Å². The number of pyridine rings is 1. The van der Waals surface area contributed by atoms with Crippen LogP contribution in [0, 0.1) is 0 Å². The molecule has 0 unspecified atom stereocenters. The highest BCUT2D eigenvalue weighted by Gasteiger charge is 2.27. The lowest BCUT2D eigenvalue weighted by Crippen LogP contribution is -2.19. The molecular formula is C26H29NO7. The minimum atomic E-state index is -0.721. The van der Waals surface area contributed by atoms with Crippen LogP contribution in [0.3, 0.4) is 0 Å². The van der Waals surface area contributed by atoms with Crippen molar-refractivity contribution < 1.29 is 28.5 Å². The van der Waals surface area contributed by atoms with Gasteiger partial charge >= 0.3 is 11.9 Å². The van der Waals surface area contributed by atoms with E-state index in [1.807, 2.05) is 6.92 Å². The van der Waals surface area contributed by atoms with Gasteiger partial charge in [-0.05, 0) is 53.9 Å². The number of methoxy groups -OCH3 is 3. The third-order valence-electron chi connectivity index (χ3n) is 5.56. The topological polar surface area (TPSA) is 93.1 Å². The van der Waals surface area contributed by atoms with E-state index in [1.54, 1.807) is 35.0 Å². The van der Waals surface area contributed by atoms with Gasteiger partial charge in [-0.2, -0.15) is 0 Å². The summed E-state index contributed by atoms with van der Waals surface area (Å²) >= 11 is 0. The van der Waals surface area contributed by atoms with Crippen LogP contribution in [0.25, 0.3) is 21.9 Å². The van der Waals surface area contributed by atoms with Crippen molar-refractivity contribution in [2.24, 2.45) is 0 Å². The number of esters is 2. The Bertz CT molecular complexity index is 1280. The molecule has 8 heteroatoms. The molecule has 180 valence electrons. The molecule has 0 saturated carbocycles. The molecule has 0 radical (unpaired) electrons. The average molecular weight is 468 g/mol. The maximum absolute atomic E-state index is 13.0. The summed E-state index contributed by atoms with van der Waals surface area (Å²) in [6.45, 7) is 4.89. The molecule has 0 aliphatic rings. The minimum Gasteiger partial charge on any atom is -0.493 e. The van der Waals surface area contributed by atoms with Crippen LogP contribution in [0.15, 0.2) is 41.3 Å². The first kappa shape index (κ1) is 24.8. The summed E-state index contributed by atoms with van der Waals surface area (Å²) in [4.78, 5) is 38.5. The number of ether oxygens (including phenoxy) is 4. The number of carbonyl (C=O) groups is 2. The predicted molar refractivity (Wildman–Crippen MR) is 129 cm³/mol. The second-order valence-corrected chi connectivity index (χ2v) is 7.62. The molecule has 0 spiro atoms. The van der Waals surface area contributed by atoms with Gasteiger partial charge in [0.05, 0.1) is 39.1 Å². The van der Waals surface area contributed by atoms with Crippen LogP contribution < -0.4 is 15.0 Å². The quantitative estimate of drug-likeness (QED) is 0.429. The second-order valence-electron chi connectivity index (χ2n) is 7.62. The Balaban J connectivity index is 2.45. The number of aromatic nitrogens is 1. The molecule has 1 heterocycles. The highest BCUT2D eigenvalue weighted by atomic mass is 16.5. The van der Waals surface area contributed by atoms with Crippen LogP contribution in [0.5, 0.6) is 11.5 Å². The first-order valence-electron chi connectivity index (χ1n) is 11.1. The van der Waals surface area contributed by atoms with Crippen molar-refractivity contribution in [1.82, 2.24) is 4.57 Å². The summed E-state index contributed by atoms with van der Waals surface area (Å²) in [7, 11) is 3.99. The van der Waals surface area contributed by atoms with E-state index in [4.69, 9.17) is 18.9 Å². The van der Waals surface area contributed by atoms with Crippen LogP contribution >= 0.6 is 0 Å². The number of fused-ring (bicyclic) bond motifs is 1. The Morgan fingerprint density at radius 3 is 2.26 bits per heavy atom. The summed E-state index contributed by atoms with van der Waals surface area (Å²) < 4.78 is 22.8. The van der Waals surface area contributed by atoms with E-state index in [-0.39, 0.29) is 16.7 Å². The maximum atomic E-state index is 13.0. The highest BCUT2D eigenvalue weighted by Crippen LogP contribution is 2.40. The Morgan fingerprint density at radius 2 is 1.68 bits per heavy atom. The standard InChI is InChI=1S/C26H29NO7/c1-6-8-10-27-11-9-16(14-22(27)28)23-18-15-21(34-7-2)20(31-3)13-17(18)12-19(25(29)32-4)24(23)26(30)33-5/h9,11-15H,6-8,10H2,1-5H3. The van der Waals surface area contributed by atoms with E-state index in [0.29, 0.717) is 46.6 Å². The van der Waals surface area contributed by atoms with Crippen molar-refractivity contribution in [3.05, 3.63) is 58.0 Å². The fraction of sp³-hybridized carbons (Fsp3) is 0.346. The third kappa shape index (κ3) is 4.76. The van der Waals surface area contributed by atoms with E-state index in [9.17, 15) is 14.4 Å². The number of carbonyl (C=O) groups excluding carboxylic acids is 2. The molecule has 8 nitrogen and oxygen atoms in total. The molecule has 0 saturated heterocycles. The number of aryl methyl sites for hydroxylation is 1. The Morgan fingerprint density at radius 1 is 0.941 bits per heavy atom. The van der Waals surface area contributed by atoms with Gasteiger partial charge in [-0.25, -0.2) is 9.59 Å². The van der Waals surface area contributed by atoms with Crippen molar-refractivity contribution in [3.63, 3.8) is 0 Å². The minimum absolute atomic E-state index is 0.0140. The molecule has 0 amide bonds. The smallest absolute Gasteiger partial charge is 0.339 e. The van der Waals surface area contributed by atoms with Gasteiger partial charge < -0.3 is 23.5 Å². The van der Waals surface area contributed by atoms with E-state index in [2.05, 4.69) is 6.92 Å². The Labute approximate surface area is 198 Å². The number of hydrogen-bond donors (Lipinski definition) is 0. The largest absolute Gasteiger partial charge is 0.493 e. The fourth-order valence-electron chi connectivity index (χ4n) is 3.90. The lowest BCUT2D eigenvalue weighted by Gasteiger charge is -2.18. The number of benzene rings is 2. The normalized spacial score (nSPS) is 10.7. The zero-order valence-electron chi connectivity index (χ0n) is 20.1. The van der Waals surface area contributed by atoms with Crippen LogP contribution in [-0.4, -0.2) is 44.4 Å². The summed E-state index contributed by atoms with van der Waals surface area (Å²) in [5, 5.41) is 1.21. The molecule has 2 aromatic carbocycles. The molecule has 0 aliphatic carbocycles. The van der Waals surface area contributed by atoms with Crippen LogP contribution in [-0.2, 0) is 16.0 Å². The molecule has 1 aromatic heterocycles.